The van der Waals surface area contributed by atoms with Gasteiger partial charge in [0.15, 0.2) is 6.10 Å². The number of anilines is 1. The van der Waals surface area contributed by atoms with E-state index in [1.165, 1.54) is 18.2 Å². The maximum absolute atomic E-state index is 13.4. The van der Waals surface area contributed by atoms with Crippen molar-refractivity contribution in [2.24, 2.45) is 0 Å². The summed E-state index contributed by atoms with van der Waals surface area (Å²) in [6.45, 7) is 5.75. The molecule has 0 aromatic heterocycles. The first-order valence-corrected chi connectivity index (χ1v) is 17.0. The zero-order valence-corrected chi connectivity index (χ0v) is 29.1. The zero-order valence-electron chi connectivity index (χ0n) is 29.1. The molecule has 4 rings (SSSR count). The minimum Gasteiger partial charge on any atom is -0.479 e. The van der Waals surface area contributed by atoms with Gasteiger partial charge in [0.2, 0.25) is 6.29 Å². The van der Waals surface area contributed by atoms with Gasteiger partial charge >= 0.3 is 12.1 Å². The number of ether oxygens (including phenoxy) is 8. The highest BCUT2D eigenvalue weighted by Gasteiger charge is 2.34. The highest BCUT2D eigenvalue weighted by molar-refractivity contribution is 5.97. The van der Waals surface area contributed by atoms with Crippen LogP contribution in [0.3, 0.4) is 0 Å². The summed E-state index contributed by atoms with van der Waals surface area (Å²) in [6.07, 6.45) is -4.43. The summed E-state index contributed by atoms with van der Waals surface area (Å²) in [5, 5.41) is 24.9. The lowest BCUT2D eigenvalue weighted by atomic mass is 10.0. The fourth-order valence-corrected chi connectivity index (χ4v) is 5.38. The number of rotatable bonds is 22. The lowest BCUT2D eigenvalue weighted by molar-refractivity contribution is -0.195. The third kappa shape index (κ3) is 14.2. The van der Waals surface area contributed by atoms with Crippen molar-refractivity contribution in [2.75, 3.05) is 71.1 Å². The van der Waals surface area contributed by atoms with Crippen molar-refractivity contribution in [3.8, 4) is 5.75 Å². The molecule has 2 aliphatic heterocycles. The molecule has 2 aliphatic rings. The molecule has 18 heteroatoms. The molecule has 4 N–H and O–H groups in total. The van der Waals surface area contributed by atoms with Crippen molar-refractivity contribution in [3.05, 3.63) is 58.7 Å². The number of benzene rings is 2. The number of carbonyl (C=O) groups is 5. The Morgan fingerprint density at radius 1 is 0.887 bits per heavy atom. The third-order valence-electron chi connectivity index (χ3n) is 8.05. The van der Waals surface area contributed by atoms with Crippen molar-refractivity contribution < 1.29 is 72.1 Å². The number of nitrogens with one attached hydrogen (secondary N) is 2. The van der Waals surface area contributed by atoms with Crippen LogP contribution < -0.4 is 15.4 Å². The van der Waals surface area contributed by atoms with Gasteiger partial charge in [-0.2, -0.15) is 0 Å². The number of aliphatic carboxylic acids is 1. The molecular weight excluding hydrogens is 702 g/mol. The number of aliphatic hydroxyl groups is 1. The van der Waals surface area contributed by atoms with E-state index in [0.717, 1.165) is 32.8 Å². The van der Waals surface area contributed by atoms with Crippen molar-refractivity contribution in [1.29, 1.82) is 0 Å². The van der Waals surface area contributed by atoms with E-state index in [4.69, 9.17) is 37.9 Å². The van der Waals surface area contributed by atoms with Gasteiger partial charge in [-0.1, -0.05) is 12.1 Å². The number of carboxylic acids is 1. The van der Waals surface area contributed by atoms with E-state index in [2.05, 4.69) is 15.5 Å². The van der Waals surface area contributed by atoms with E-state index in [0.29, 0.717) is 43.0 Å². The fraction of sp³-hybridized carbons (Fsp3) is 0.514. The molecule has 53 heavy (non-hydrogen) atoms. The summed E-state index contributed by atoms with van der Waals surface area (Å²) in [6, 6.07) is 9.16. The van der Waals surface area contributed by atoms with Crippen molar-refractivity contribution >= 4 is 36.6 Å². The number of hydrogen-bond acceptors (Lipinski definition) is 15. The number of carbonyl (C=O) groups excluding carboxylic acids is 4. The monoisotopic (exact) mass is 747 g/mol. The molecule has 290 valence electrons. The summed E-state index contributed by atoms with van der Waals surface area (Å²) in [7, 11) is 0. The second-order valence-corrected chi connectivity index (χ2v) is 11.9. The molecule has 0 radical (unpaired) electrons. The van der Waals surface area contributed by atoms with Gasteiger partial charge in [0.1, 0.15) is 25.6 Å². The Hall–Kier alpha value is -4.85. The Kier molecular flexibility index (Phi) is 17.2. The van der Waals surface area contributed by atoms with Gasteiger partial charge in [0.25, 0.3) is 18.9 Å². The highest BCUT2D eigenvalue weighted by atomic mass is 16.7. The minimum atomic E-state index is -1.29. The van der Waals surface area contributed by atoms with Crippen LogP contribution in [0, 0.1) is 0 Å². The quantitative estimate of drug-likeness (QED) is 0.0754. The Bertz CT molecular complexity index is 1500. The Morgan fingerprint density at radius 3 is 2.36 bits per heavy atom. The molecule has 2 aromatic rings. The zero-order chi connectivity index (χ0) is 37.8. The molecule has 2 fully saturated rings. The molecule has 18 nitrogen and oxygen atoms in total. The summed E-state index contributed by atoms with van der Waals surface area (Å²) in [5.74, 6) is -1.76. The van der Waals surface area contributed by atoms with Crippen LogP contribution in [0.1, 0.15) is 39.9 Å². The van der Waals surface area contributed by atoms with E-state index in [-0.39, 0.29) is 69.3 Å². The summed E-state index contributed by atoms with van der Waals surface area (Å²) in [5.41, 5.74) is 1.74. The molecular formula is C35H45N3O15. The molecule has 2 aromatic carbocycles. The largest absolute Gasteiger partial charge is 0.479 e. The Morgan fingerprint density at radius 2 is 1.60 bits per heavy atom. The lowest BCUT2D eigenvalue weighted by Gasteiger charge is -2.31. The number of aliphatic hydroxyl groups excluding tert-OH is 1. The maximum Gasteiger partial charge on any atom is 0.411 e. The van der Waals surface area contributed by atoms with Gasteiger partial charge in [-0.3, -0.25) is 24.6 Å². The fourth-order valence-electron chi connectivity index (χ4n) is 5.38. The Balaban J connectivity index is 1.33. The SMILES string of the molecule is O=COCc1ccc(NC(=O)OCc2ccc(OC3CC(O)CC(C(=O)O)O3)c(C(=O)NCCOCCOCCN3CCOCC3)c2)c(COC=O)c1. The predicted octanol–water partition coefficient (Wildman–Crippen LogP) is 1.21. The molecule has 0 bridgehead atoms. The molecule has 0 aliphatic carbocycles. The number of amides is 2. The van der Waals surface area contributed by atoms with Crippen LogP contribution in [0.25, 0.3) is 0 Å². The van der Waals surface area contributed by atoms with Gasteiger partial charge in [-0.15, -0.1) is 0 Å². The van der Waals surface area contributed by atoms with Crippen LogP contribution in [0.2, 0.25) is 0 Å². The summed E-state index contributed by atoms with van der Waals surface area (Å²) >= 11 is 0. The molecule has 0 saturated carbocycles. The van der Waals surface area contributed by atoms with Crippen molar-refractivity contribution in [2.45, 2.75) is 51.2 Å². The first-order valence-electron chi connectivity index (χ1n) is 17.0. The average molecular weight is 748 g/mol. The van der Waals surface area contributed by atoms with Gasteiger partial charge in [-0.25, -0.2) is 9.59 Å². The number of carboxylic acid groups (broad SMARTS) is 1. The van der Waals surface area contributed by atoms with E-state index < -0.39 is 36.5 Å². The molecule has 0 spiro atoms. The van der Waals surface area contributed by atoms with Gasteiger partial charge in [-0.05, 0) is 35.4 Å². The molecule has 3 unspecified atom stereocenters. The Labute approximate surface area is 305 Å². The van der Waals surface area contributed by atoms with Gasteiger partial charge in [0.05, 0.1) is 57.0 Å². The number of hydrogen-bond donors (Lipinski definition) is 4. The van der Waals surface area contributed by atoms with Crippen LogP contribution in [-0.4, -0.2) is 130 Å². The minimum absolute atomic E-state index is 0.0242. The first kappa shape index (κ1) is 40.9. The highest BCUT2D eigenvalue weighted by Crippen LogP contribution is 2.28. The van der Waals surface area contributed by atoms with Crippen molar-refractivity contribution in [1.82, 2.24) is 10.2 Å². The van der Waals surface area contributed by atoms with Crippen LogP contribution >= 0.6 is 0 Å². The average Bonchev–Trinajstić information content (AvgIpc) is 3.15. The van der Waals surface area contributed by atoms with E-state index in [1.807, 2.05) is 0 Å². The molecule has 3 atom stereocenters. The predicted molar refractivity (Wildman–Crippen MR) is 182 cm³/mol. The molecule has 2 heterocycles. The maximum atomic E-state index is 13.4. The second kappa shape index (κ2) is 22.3. The third-order valence-corrected chi connectivity index (χ3v) is 8.05. The number of nitrogens with zero attached hydrogens (tertiary/aromatic N) is 1. The van der Waals surface area contributed by atoms with Gasteiger partial charge < -0.3 is 53.4 Å². The smallest absolute Gasteiger partial charge is 0.411 e. The second-order valence-electron chi connectivity index (χ2n) is 11.9. The molecule has 2 amide bonds. The van der Waals surface area contributed by atoms with Crippen LogP contribution in [0.4, 0.5) is 10.5 Å². The first-order chi connectivity index (χ1) is 25.7. The van der Waals surface area contributed by atoms with Crippen LogP contribution in [0.15, 0.2) is 36.4 Å². The standard InChI is InChI=1S/C35H45N3O15/c39-22-49-19-24-1-3-29(26(15-24)21-50-23-40)37-35(45)51-20-25-2-4-30(52-32-18-27(41)17-31(53-32)34(43)44)28(16-25)33(42)36-5-9-46-13-14-48-12-8-38-6-10-47-11-7-38/h1-4,15-16,22-23,27,31-32,41H,5-14,17-21H2,(H,36,42)(H,37,45)(H,43,44). The number of morpholine rings is 1. The lowest BCUT2D eigenvalue weighted by Crippen LogP contribution is -2.42. The van der Waals surface area contributed by atoms with Crippen molar-refractivity contribution in [3.63, 3.8) is 0 Å². The topological polar surface area (TPSA) is 227 Å². The van der Waals surface area contributed by atoms with Crippen LogP contribution in [0.5, 0.6) is 5.75 Å². The van der Waals surface area contributed by atoms with E-state index in [1.54, 1.807) is 18.2 Å². The van der Waals surface area contributed by atoms with Crippen LogP contribution in [-0.2, 0) is 67.4 Å². The van der Waals surface area contributed by atoms with Gasteiger partial charge in [0, 0.05) is 44.6 Å². The van der Waals surface area contributed by atoms with E-state index in [9.17, 15) is 34.2 Å². The normalized spacial score (nSPS) is 18.7. The summed E-state index contributed by atoms with van der Waals surface area (Å²) in [4.78, 5) is 61.2. The van der Waals surface area contributed by atoms with E-state index >= 15 is 0 Å². The molecule has 2 saturated heterocycles. The summed E-state index contributed by atoms with van der Waals surface area (Å²) < 4.78 is 42.9.